The molecule has 8 heteroatoms. The number of halogens is 1. The maximum Gasteiger partial charge on any atom is 0.269 e. The molecule has 2 heterocycles. The summed E-state index contributed by atoms with van der Waals surface area (Å²) in [6, 6.07) is 20.2. The zero-order valence-electron chi connectivity index (χ0n) is 16.6. The fourth-order valence-electron chi connectivity index (χ4n) is 4.00. The van der Waals surface area contributed by atoms with Crippen molar-refractivity contribution in [2.75, 3.05) is 7.11 Å². The van der Waals surface area contributed by atoms with Gasteiger partial charge in [0.2, 0.25) is 6.23 Å². The SMILES string of the molecule is COc1ccc(C2=NN3[C@@H](c4ccc([N+](=O)[O-])cc4)Oc4ccc(Br)cc4[C@@H]3C2)cc1. The Morgan fingerprint density at radius 2 is 1.87 bits per heavy atom. The number of non-ortho nitro benzene ring substituents is 1. The van der Waals surface area contributed by atoms with E-state index in [0.29, 0.717) is 0 Å². The molecule has 156 valence electrons. The third-order valence-corrected chi connectivity index (χ3v) is 6.06. The van der Waals surface area contributed by atoms with Gasteiger partial charge in [0.05, 0.1) is 23.8 Å². The Hall–Kier alpha value is -3.39. The first-order valence-electron chi connectivity index (χ1n) is 9.74. The van der Waals surface area contributed by atoms with Crippen molar-refractivity contribution < 1.29 is 14.4 Å². The zero-order chi connectivity index (χ0) is 21.5. The van der Waals surface area contributed by atoms with Gasteiger partial charge in [-0.15, -0.1) is 0 Å². The molecule has 0 N–H and O–H groups in total. The van der Waals surface area contributed by atoms with E-state index in [1.54, 1.807) is 19.2 Å². The van der Waals surface area contributed by atoms with Crippen LogP contribution in [0.4, 0.5) is 5.69 Å². The maximum atomic E-state index is 11.0. The smallest absolute Gasteiger partial charge is 0.269 e. The van der Waals surface area contributed by atoms with Crippen LogP contribution in [-0.4, -0.2) is 22.8 Å². The van der Waals surface area contributed by atoms with Gasteiger partial charge >= 0.3 is 0 Å². The third-order valence-electron chi connectivity index (χ3n) is 5.56. The van der Waals surface area contributed by atoms with Gasteiger partial charge in [0.1, 0.15) is 11.5 Å². The fraction of sp³-hybridized carbons (Fsp3) is 0.174. The second kappa shape index (κ2) is 7.70. The minimum Gasteiger partial charge on any atom is -0.497 e. The summed E-state index contributed by atoms with van der Waals surface area (Å²) < 4.78 is 12.6. The van der Waals surface area contributed by atoms with E-state index in [4.69, 9.17) is 14.6 Å². The van der Waals surface area contributed by atoms with Crippen LogP contribution in [-0.2, 0) is 0 Å². The van der Waals surface area contributed by atoms with Crippen molar-refractivity contribution in [1.82, 2.24) is 5.01 Å². The number of fused-ring (bicyclic) bond motifs is 3. The standard InChI is InChI=1S/C23H18BrN3O4/c1-30-18-9-4-14(5-10-18)20-13-21-19-12-16(24)6-11-22(19)31-23(26(21)25-20)15-2-7-17(8-3-15)27(28)29/h2-12,21,23H,13H2,1H3/t21-,23+/m0/s1. The lowest BCUT2D eigenvalue weighted by Gasteiger charge is -2.38. The summed E-state index contributed by atoms with van der Waals surface area (Å²) in [5.41, 5.74) is 3.89. The van der Waals surface area contributed by atoms with Crippen molar-refractivity contribution in [3.63, 3.8) is 0 Å². The second-order valence-electron chi connectivity index (χ2n) is 7.38. The molecule has 2 aliphatic heterocycles. The molecule has 3 aromatic rings. The summed E-state index contributed by atoms with van der Waals surface area (Å²) in [6.45, 7) is 0. The molecule has 0 aromatic heterocycles. The first kappa shape index (κ1) is 19.6. The van der Waals surface area contributed by atoms with E-state index < -0.39 is 11.2 Å². The number of hydrazone groups is 1. The topological polar surface area (TPSA) is 77.2 Å². The summed E-state index contributed by atoms with van der Waals surface area (Å²) in [4.78, 5) is 10.6. The van der Waals surface area contributed by atoms with E-state index in [9.17, 15) is 10.1 Å². The molecule has 0 spiro atoms. The molecule has 0 aliphatic carbocycles. The van der Waals surface area contributed by atoms with Crippen molar-refractivity contribution in [1.29, 1.82) is 0 Å². The van der Waals surface area contributed by atoms with Gasteiger partial charge in [-0.05, 0) is 60.2 Å². The van der Waals surface area contributed by atoms with E-state index in [-0.39, 0.29) is 11.7 Å². The molecule has 0 amide bonds. The van der Waals surface area contributed by atoms with Crippen molar-refractivity contribution in [3.8, 4) is 11.5 Å². The molecule has 0 bridgehead atoms. The highest BCUT2D eigenvalue weighted by molar-refractivity contribution is 9.10. The molecular formula is C23H18BrN3O4. The molecule has 2 aliphatic rings. The first-order chi connectivity index (χ1) is 15.0. The molecule has 0 saturated heterocycles. The Morgan fingerprint density at radius 1 is 1.13 bits per heavy atom. The van der Waals surface area contributed by atoms with Crippen molar-refractivity contribution in [3.05, 3.63) is 98.0 Å². The lowest BCUT2D eigenvalue weighted by Crippen LogP contribution is -2.33. The molecular weight excluding hydrogens is 462 g/mol. The van der Waals surface area contributed by atoms with E-state index >= 15 is 0 Å². The first-order valence-corrected chi connectivity index (χ1v) is 10.5. The van der Waals surface area contributed by atoms with Crippen LogP contribution in [0.1, 0.15) is 35.4 Å². The van der Waals surface area contributed by atoms with Crippen LogP contribution in [0.3, 0.4) is 0 Å². The van der Waals surface area contributed by atoms with Crippen LogP contribution in [0.5, 0.6) is 11.5 Å². The number of rotatable bonds is 4. The van der Waals surface area contributed by atoms with E-state index in [0.717, 1.165) is 44.8 Å². The predicted octanol–water partition coefficient (Wildman–Crippen LogP) is 5.61. The molecule has 0 radical (unpaired) electrons. The monoisotopic (exact) mass is 479 g/mol. The Bertz CT molecular complexity index is 1180. The Balaban J connectivity index is 1.55. The Kier molecular flexibility index (Phi) is 4.86. The van der Waals surface area contributed by atoms with Gasteiger partial charge in [-0.25, -0.2) is 5.01 Å². The summed E-state index contributed by atoms with van der Waals surface area (Å²) in [6.07, 6.45) is 0.248. The number of methoxy groups -OCH3 is 1. The quantitative estimate of drug-likeness (QED) is 0.359. The van der Waals surface area contributed by atoms with Crippen LogP contribution in [0.2, 0.25) is 0 Å². The van der Waals surface area contributed by atoms with Gasteiger partial charge in [0.25, 0.3) is 5.69 Å². The van der Waals surface area contributed by atoms with Gasteiger partial charge in [-0.3, -0.25) is 10.1 Å². The number of nitro groups is 1. The highest BCUT2D eigenvalue weighted by atomic mass is 79.9. The van der Waals surface area contributed by atoms with E-state index in [1.807, 2.05) is 41.4 Å². The Morgan fingerprint density at radius 3 is 2.55 bits per heavy atom. The van der Waals surface area contributed by atoms with Crippen LogP contribution in [0.25, 0.3) is 0 Å². The number of nitro benzene ring substituents is 1. The summed E-state index contributed by atoms with van der Waals surface area (Å²) in [5.74, 6) is 1.58. The Labute approximate surface area is 187 Å². The van der Waals surface area contributed by atoms with Crippen molar-refractivity contribution in [2.24, 2.45) is 5.10 Å². The van der Waals surface area contributed by atoms with Gasteiger partial charge in [-0.1, -0.05) is 15.9 Å². The number of hydrogen-bond acceptors (Lipinski definition) is 6. The largest absolute Gasteiger partial charge is 0.497 e. The molecule has 3 aromatic carbocycles. The lowest BCUT2D eigenvalue weighted by molar-refractivity contribution is -0.384. The zero-order valence-corrected chi connectivity index (χ0v) is 18.2. The maximum absolute atomic E-state index is 11.0. The van der Waals surface area contributed by atoms with Crippen LogP contribution >= 0.6 is 15.9 Å². The van der Waals surface area contributed by atoms with Gasteiger partial charge in [0.15, 0.2) is 0 Å². The fourth-order valence-corrected chi connectivity index (χ4v) is 4.38. The van der Waals surface area contributed by atoms with Crippen LogP contribution in [0, 0.1) is 10.1 Å². The average Bonchev–Trinajstić information content (AvgIpc) is 3.24. The molecule has 5 rings (SSSR count). The molecule has 0 fully saturated rings. The lowest BCUT2D eigenvalue weighted by atomic mass is 9.96. The predicted molar refractivity (Wildman–Crippen MR) is 119 cm³/mol. The highest BCUT2D eigenvalue weighted by Crippen LogP contribution is 2.48. The van der Waals surface area contributed by atoms with E-state index in [2.05, 4.69) is 22.0 Å². The molecule has 2 atom stereocenters. The summed E-state index contributed by atoms with van der Waals surface area (Å²) >= 11 is 3.56. The number of nitrogens with zero attached hydrogens (tertiary/aromatic N) is 3. The van der Waals surface area contributed by atoms with Crippen LogP contribution in [0.15, 0.2) is 76.3 Å². The van der Waals surface area contributed by atoms with E-state index in [1.165, 1.54) is 12.1 Å². The number of benzene rings is 3. The molecule has 7 nitrogen and oxygen atoms in total. The summed E-state index contributed by atoms with van der Waals surface area (Å²) in [5, 5.41) is 17.9. The molecule has 0 saturated carbocycles. The van der Waals surface area contributed by atoms with Crippen LogP contribution < -0.4 is 9.47 Å². The third kappa shape index (κ3) is 3.53. The molecule has 31 heavy (non-hydrogen) atoms. The number of hydrogen-bond donors (Lipinski definition) is 0. The van der Waals surface area contributed by atoms with Crippen molar-refractivity contribution >= 4 is 27.3 Å². The van der Waals surface area contributed by atoms with Crippen molar-refractivity contribution in [2.45, 2.75) is 18.7 Å². The normalized spacial score (nSPS) is 19.2. The minimum absolute atomic E-state index is 0.00135. The van der Waals surface area contributed by atoms with Gasteiger partial charge in [0, 0.05) is 34.2 Å². The van der Waals surface area contributed by atoms with Gasteiger partial charge in [-0.2, -0.15) is 5.10 Å². The molecule has 0 unspecified atom stereocenters. The summed E-state index contributed by atoms with van der Waals surface area (Å²) in [7, 11) is 1.64. The highest BCUT2D eigenvalue weighted by Gasteiger charge is 2.41. The number of ether oxygens (including phenoxy) is 2. The second-order valence-corrected chi connectivity index (χ2v) is 8.29. The minimum atomic E-state index is -0.477. The van der Waals surface area contributed by atoms with Gasteiger partial charge < -0.3 is 9.47 Å². The average molecular weight is 480 g/mol.